The van der Waals surface area contributed by atoms with E-state index < -0.39 is 0 Å². The van der Waals surface area contributed by atoms with E-state index in [0.29, 0.717) is 0 Å². The van der Waals surface area contributed by atoms with E-state index in [1.165, 1.54) is 24.4 Å². The van der Waals surface area contributed by atoms with E-state index >= 15 is 0 Å². The van der Waals surface area contributed by atoms with Crippen molar-refractivity contribution in [1.82, 2.24) is 0 Å². The average molecular weight is 241 g/mol. The molecular formula is C13H26AlO2. The first-order valence-corrected chi connectivity index (χ1v) is 7.69. The number of Topliss-reactive ketones (excluding diaryl/α,β-unsaturated/α-hetero) is 2. The Labute approximate surface area is 107 Å². The molecule has 0 spiro atoms. The smallest absolute Gasteiger partial charge is 0.200 e. The zero-order chi connectivity index (χ0) is 13.1. The van der Waals surface area contributed by atoms with Gasteiger partial charge in [0, 0.05) is 0 Å². The van der Waals surface area contributed by atoms with Crippen LogP contribution in [0.1, 0.15) is 48.0 Å². The molecule has 0 saturated heterocycles. The summed E-state index contributed by atoms with van der Waals surface area (Å²) in [5.41, 5.74) is 0. The third-order valence-corrected chi connectivity index (χ3v) is 4.33. The van der Waals surface area contributed by atoms with Crippen molar-refractivity contribution in [1.29, 1.82) is 0 Å². The number of hydrogen-bond acceptors (Lipinski definition) is 2. The van der Waals surface area contributed by atoms with Crippen LogP contribution in [0.3, 0.4) is 0 Å². The standard InChI is InChI=1S/C5H8O2.2C4H9.Al/c1-4(6)3-5(2)7;2*1-4(2)3;/h3H2,1-2H3;2*4H,1H2,2-3H3;. The highest BCUT2D eigenvalue weighted by molar-refractivity contribution is 6.35. The Morgan fingerprint density at radius 1 is 0.875 bits per heavy atom. The topological polar surface area (TPSA) is 34.1 Å². The normalized spacial score (nSPS) is 9.75. The van der Waals surface area contributed by atoms with Crippen LogP contribution < -0.4 is 0 Å². The molecule has 2 nitrogen and oxygen atoms in total. The number of carbonyl (C=O) groups excluding carboxylic acids is 2. The molecule has 1 radical (unpaired) electrons. The van der Waals surface area contributed by atoms with Crippen LogP contribution in [-0.2, 0) is 9.59 Å². The van der Waals surface area contributed by atoms with Gasteiger partial charge in [-0.05, 0) is 13.8 Å². The van der Waals surface area contributed by atoms with E-state index in [1.54, 1.807) is 0 Å². The van der Waals surface area contributed by atoms with Crippen molar-refractivity contribution in [3.63, 3.8) is 0 Å². The van der Waals surface area contributed by atoms with Gasteiger partial charge in [0.2, 0.25) is 15.2 Å². The molecule has 0 aliphatic heterocycles. The van der Waals surface area contributed by atoms with Crippen molar-refractivity contribution < 1.29 is 9.59 Å². The highest BCUT2D eigenvalue weighted by Crippen LogP contribution is 2.05. The SMILES string of the molecule is CC(=O)CC(C)=O.CC(C)[CH2][Al][CH2]C(C)C. The van der Waals surface area contributed by atoms with Gasteiger partial charge in [-0.3, -0.25) is 9.59 Å². The molecule has 0 fully saturated rings. The predicted octanol–water partition coefficient (Wildman–Crippen LogP) is 3.39. The minimum Gasteiger partial charge on any atom is -0.300 e. The van der Waals surface area contributed by atoms with Crippen molar-refractivity contribution in [2.24, 2.45) is 11.8 Å². The third-order valence-electron chi connectivity index (χ3n) is 1.77. The average Bonchev–Trinajstić information content (AvgIpc) is 2.00. The van der Waals surface area contributed by atoms with Crippen LogP contribution in [0, 0.1) is 11.8 Å². The summed E-state index contributed by atoms with van der Waals surface area (Å²) in [4.78, 5) is 20.1. The molecule has 16 heavy (non-hydrogen) atoms. The lowest BCUT2D eigenvalue weighted by atomic mass is 10.2. The molecule has 0 aromatic heterocycles. The zero-order valence-corrected chi connectivity index (χ0v) is 12.8. The molecule has 0 rings (SSSR count). The number of hydrogen-bond donors (Lipinski definition) is 0. The summed E-state index contributed by atoms with van der Waals surface area (Å²) >= 11 is 0.755. The Bertz CT molecular complexity index is 178. The Balaban J connectivity index is 0. The molecule has 0 saturated carbocycles. The summed E-state index contributed by atoms with van der Waals surface area (Å²) in [5.74, 6) is 1.73. The Hall–Kier alpha value is -0.128. The van der Waals surface area contributed by atoms with E-state index in [4.69, 9.17) is 0 Å². The molecule has 0 bridgehead atoms. The largest absolute Gasteiger partial charge is 0.300 e. The van der Waals surface area contributed by atoms with E-state index in [0.717, 1.165) is 27.1 Å². The molecule has 0 aromatic carbocycles. The molecule has 0 aliphatic rings. The molecule has 0 N–H and O–H groups in total. The van der Waals surface area contributed by atoms with Crippen molar-refractivity contribution in [3.05, 3.63) is 0 Å². The fourth-order valence-electron chi connectivity index (χ4n) is 1.11. The van der Waals surface area contributed by atoms with Crippen molar-refractivity contribution in [2.45, 2.75) is 58.5 Å². The molecule has 0 amide bonds. The molecular weight excluding hydrogens is 215 g/mol. The van der Waals surface area contributed by atoms with E-state index in [9.17, 15) is 9.59 Å². The van der Waals surface area contributed by atoms with Crippen molar-refractivity contribution in [3.8, 4) is 0 Å². The maximum atomic E-state index is 10.0. The van der Waals surface area contributed by atoms with Gasteiger partial charge in [-0.2, -0.15) is 0 Å². The summed E-state index contributed by atoms with van der Waals surface area (Å²) in [6, 6.07) is 0. The van der Waals surface area contributed by atoms with Gasteiger partial charge < -0.3 is 0 Å². The predicted molar refractivity (Wildman–Crippen MR) is 71.0 cm³/mol. The van der Waals surface area contributed by atoms with Crippen molar-refractivity contribution >= 4 is 26.8 Å². The Morgan fingerprint density at radius 2 is 1.19 bits per heavy atom. The van der Waals surface area contributed by atoms with Crippen LogP contribution in [0.15, 0.2) is 0 Å². The van der Waals surface area contributed by atoms with Crippen molar-refractivity contribution in [2.75, 3.05) is 0 Å². The quantitative estimate of drug-likeness (QED) is 0.527. The van der Waals surface area contributed by atoms with E-state index in [-0.39, 0.29) is 18.0 Å². The lowest BCUT2D eigenvalue weighted by molar-refractivity contribution is -0.124. The van der Waals surface area contributed by atoms with Gasteiger partial charge >= 0.3 is 0 Å². The molecule has 93 valence electrons. The van der Waals surface area contributed by atoms with Gasteiger partial charge in [-0.1, -0.05) is 39.5 Å². The second-order valence-electron chi connectivity index (χ2n) is 5.13. The first-order chi connectivity index (χ1) is 7.25. The minimum absolute atomic E-state index is 0.0625. The monoisotopic (exact) mass is 241 g/mol. The van der Waals surface area contributed by atoms with E-state index in [1.807, 2.05) is 0 Å². The molecule has 0 heterocycles. The lowest BCUT2D eigenvalue weighted by Crippen LogP contribution is -1.99. The Kier molecular flexibility index (Phi) is 13.0. The summed E-state index contributed by atoms with van der Waals surface area (Å²) in [6.45, 7) is 12.1. The molecule has 3 heteroatoms. The summed E-state index contributed by atoms with van der Waals surface area (Å²) in [7, 11) is 0. The van der Waals surface area contributed by atoms with E-state index in [2.05, 4.69) is 27.7 Å². The van der Waals surface area contributed by atoms with Crippen LogP contribution in [0.4, 0.5) is 0 Å². The number of carbonyl (C=O) groups is 2. The van der Waals surface area contributed by atoms with Gasteiger partial charge in [0.15, 0.2) is 0 Å². The van der Waals surface area contributed by atoms with Crippen LogP contribution in [0.5, 0.6) is 0 Å². The fraction of sp³-hybridized carbons (Fsp3) is 0.846. The van der Waals surface area contributed by atoms with Crippen LogP contribution in [0.25, 0.3) is 0 Å². The maximum absolute atomic E-state index is 10.0. The molecule has 0 aliphatic carbocycles. The van der Waals surface area contributed by atoms with Crippen LogP contribution >= 0.6 is 0 Å². The van der Waals surface area contributed by atoms with Crippen LogP contribution in [0.2, 0.25) is 10.6 Å². The Morgan fingerprint density at radius 3 is 1.31 bits per heavy atom. The lowest BCUT2D eigenvalue weighted by Gasteiger charge is -2.03. The first-order valence-electron chi connectivity index (χ1n) is 6.06. The summed E-state index contributed by atoms with van der Waals surface area (Å²) in [5, 5.41) is 2.97. The van der Waals surface area contributed by atoms with Gasteiger partial charge in [0.1, 0.15) is 11.6 Å². The number of rotatable bonds is 6. The minimum atomic E-state index is -0.0625. The highest BCUT2D eigenvalue weighted by atomic mass is 27.1. The second-order valence-corrected chi connectivity index (χ2v) is 6.65. The third kappa shape index (κ3) is 23.6. The van der Waals surface area contributed by atoms with Gasteiger partial charge in [0.05, 0.1) is 6.42 Å². The van der Waals surface area contributed by atoms with Gasteiger partial charge in [0.25, 0.3) is 0 Å². The fourth-order valence-corrected chi connectivity index (χ4v) is 2.64. The van der Waals surface area contributed by atoms with Gasteiger partial charge in [-0.15, -0.1) is 10.6 Å². The van der Waals surface area contributed by atoms with Gasteiger partial charge in [-0.25, -0.2) is 0 Å². The summed E-state index contributed by atoms with van der Waals surface area (Å²) in [6.07, 6.45) is 0.0833. The molecule has 0 unspecified atom stereocenters. The molecule has 0 atom stereocenters. The second kappa shape index (κ2) is 11.4. The maximum Gasteiger partial charge on any atom is 0.200 e. The summed E-state index contributed by atoms with van der Waals surface area (Å²) < 4.78 is 0. The zero-order valence-electron chi connectivity index (χ0n) is 11.7. The number of ketones is 2. The highest BCUT2D eigenvalue weighted by Gasteiger charge is 1.98. The van der Waals surface area contributed by atoms with Crippen LogP contribution in [-0.4, -0.2) is 26.8 Å². The first kappa shape index (κ1) is 18.2. The molecule has 0 aromatic rings.